The first-order valence-electron chi connectivity index (χ1n) is 12.0. The van der Waals surface area contributed by atoms with Gasteiger partial charge in [0, 0.05) is 17.8 Å². The van der Waals surface area contributed by atoms with E-state index in [4.69, 9.17) is 9.97 Å². The van der Waals surface area contributed by atoms with Gasteiger partial charge < -0.3 is 0 Å². The number of aromatic nitrogens is 4. The molecule has 0 aliphatic heterocycles. The van der Waals surface area contributed by atoms with Gasteiger partial charge in [-0.2, -0.15) is 0 Å². The van der Waals surface area contributed by atoms with Crippen molar-refractivity contribution < 1.29 is 0 Å². The number of rotatable bonds is 0. The molecule has 0 radical (unpaired) electrons. The van der Waals surface area contributed by atoms with Gasteiger partial charge in [-0.1, -0.05) is 30.3 Å². The van der Waals surface area contributed by atoms with Crippen LogP contribution in [0.3, 0.4) is 0 Å². The number of nitrogens with zero attached hydrogens (tertiary/aromatic N) is 4. The molecule has 2 aliphatic carbocycles. The minimum absolute atomic E-state index is 0.901. The van der Waals surface area contributed by atoms with Crippen LogP contribution in [0.25, 0.3) is 60.9 Å². The maximum Gasteiger partial charge on any atom is 0.148 e. The molecule has 7 aromatic rings. The third-order valence-electron chi connectivity index (χ3n) is 7.87. The van der Waals surface area contributed by atoms with E-state index in [2.05, 4.69) is 70.0 Å². The molecule has 4 heterocycles. The Hall–Kier alpha value is -4.57. The van der Waals surface area contributed by atoms with Crippen molar-refractivity contribution in [2.75, 3.05) is 0 Å². The number of pyridine rings is 3. The summed E-state index contributed by atoms with van der Waals surface area (Å²) in [4.78, 5) is 14.5. The van der Waals surface area contributed by atoms with Crippen LogP contribution in [-0.4, -0.2) is 19.4 Å². The van der Waals surface area contributed by atoms with Crippen molar-refractivity contribution in [2.24, 2.45) is 0 Å². The first kappa shape index (κ1) is 17.8. The summed E-state index contributed by atoms with van der Waals surface area (Å²) in [7, 11) is 0. The summed E-state index contributed by atoms with van der Waals surface area (Å²) < 4.78 is 2.27. The van der Waals surface area contributed by atoms with Gasteiger partial charge in [-0.3, -0.25) is 14.4 Å². The molecule has 0 atom stereocenters. The van der Waals surface area contributed by atoms with E-state index in [0.29, 0.717) is 0 Å². The van der Waals surface area contributed by atoms with Crippen molar-refractivity contribution in [3.05, 3.63) is 107 Å². The summed E-state index contributed by atoms with van der Waals surface area (Å²) >= 11 is 0. The highest BCUT2D eigenvalue weighted by molar-refractivity contribution is 6.10. The van der Waals surface area contributed by atoms with Crippen molar-refractivity contribution in [2.45, 2.75) is 12.8 Å². The zero-order valence-electron chi connectivity index (χ0n) is 18.8. The number of hydrogen-bond donors (Lipinski definition) is 0. The third-order valence-corrected chi connectivity index (χ3v) is 7.87. The van der Waals surface area contributed by atoms with E-state index in [0.717, 1.165) is 51.5 Å². The predicted molar refractivity (Wildman–Crippen MR) is 140 cm³/mol. The molecular formula is C31H18N4. The molecule has 4 nitrogen and oxygen atoms in total. The van der Waals surface area contributed by atoms with E-state index >= 15 is 0 Å². The van der Waals surface area contributed by atoms with Crippen molar-refractivity contribution in [3.8, 4) is 22.3 Å². The Balaban J connectivity index is 1.35. The fraction of sp³-hybridized carbons (Fsp3) is 0.0645. The number of fused-ring (bicyclic) bond motifs is 14. The normalized spacial score (nSPS) is 13.5. The lowest BCUT2D eigenvalue weighted by Gasteiger charge is -2.08. The molecule has 0 fully saturated rings. The zero-order valence-corrected chi connectivity index (χ0v) is 18.8. The monoisotopic (exact) mass is 446 g/mol. The lowest BCUT2D eigenvalue weighted by molar-refractivity contribution is 1.21. The molecule has 3 aromatic carbocycles. The van der Waals surface area contributed by atoms with Gasteiger partial charge in [0.1, 0.15) is 16.7 Å². The van der Waals surface area contributed by atoms with E-state index in [1.807, 2.05) is 24.5 Å². The van der Waals surface area contributed by atoms with Gasteiger partial charge in [-0.25, -0.2) is 4.98 Å². The predicted octanol–water partition coefficient (Wildman–Crippen LogP) is 6.73. The molecule has 0 saturated carbocycles. The minimum atomic E-state index is 0.901. The molecule has 162 valence electrons. The van der Waals surface area contributed by atoms with Gasteiger partial charge in [0.05, 0.1) is 16.6 Å². The van der Waals surface area contributed by atoms with Crippen LogP contribution in [0.2, 0.25) is 0 Å². The van der Waals surface area contributed by atoms with E-state index in [1.165, 1.54) is 44.5 Å². The van der Waals surface area contributed by atoms with Crippen molar-refractivity contribution in [1.29, 1.82) is 0 Å². The Labute approximate surface area is 200 Å². The molecule has 0 bridgehead atoms. The number of hydrogen-bond acceptors (Lipinski definition) is 3. The van der Waals surface area contributed by atoms with Crippen LogP contribution in [0.15, 0.2) is 85.2 Å². The van der Waals surface area contributed by atoms with E-state index in [9.17, 15) is 0 Å². The number of benzene rings is 3. The van der Waals surface area contributed by atoms with Gasteiger partial charge in [0.15, 0.2) is 0 Å². The van der Waals surface area contributed by atoms with Crippen molar-refractivity contribution in [1.82, 2.24) is 19.4 Å². The number of imidazole rings is 1. The second-order valence-corrected chi connectivity index (χ2v) is 9.72. The van der Waals surface area contributed by atoms with Gasteiger partial charge in [-0.05, 0) is 99.8 Å². The van der Waals surface area contributed by atoms with Crippen LogP contribution in [0, 0.1) is 0 Å². The highest BCUT2D eigenvalue weighted by Gasteiger charge is 2.26. The molecule has 0 unspecified atom stereocenters. The first-order chi connectivity index (χ1) is 17.3. The van der Waals surface area contributed by atoms with Crippen LogP contribution < -0.4 is 0 Å². The summed E-state index contributed by atoms with van der Waals surface area (Å²) in [6.07, 6.45) is 5.66. The molecule has 35 heavy (non-hydrogen) atoms. The lowest BCUT2D eigenvalue weighted by Crippen LogP contribution is -1.94. The smallest absolute Gasteiger partial charge is 0.148 e. The Morgan fingerprint density at radius 1 is 0.571 bits per heavy atom. The second kappa shape index (κ2) is 6.10. The zero-order chi connectivity index (χ0) is 22.7. The molecule has 0 N–H and O–H groups in total. The summed E-state index contributed by atoms with van der Waals surface area (Å²) in [5, 5.41) is 1.03. The van der Waals surface area contributed by atoms with Crippen LogP contribution in [-0.2, 0) is 12.8 Å². The third kappa shape index (κ3) is 2.20. The fourth-order valence-corrected chi connectivity index (χ4v) is 6.36. The lowest BCUT2D eigenvalue weighted by atomic mass is 9.98. The van der Waals surface area contributed by atoms with Gasteiger partial charge >= 0.3 is 0 Å². The average molecular weight is 447 g/mol. The van der Waals surface area contributed by atoms with Crippen LogP contribution in [0.4, 0.5) is 0 Å². The van der Waals surface area contributed by atoms with Crippen LogP contribution in [0.1, 0.15) is 22.3 Å². The second-order valence-electron chi connectivity index (χ2n) is 9.72. The Bertz CT molecular complexity index is 2070. The standard InChI is InChI=1S/C31H18N4/c1-2-6-21-17(5-1)11-18-12-19-13-20-14-28-26(16-25(20)24(19)15-23(18)21)34-31-22-7-3-9-32-29(22)30-27(35(28)31)8-4-10-33-30/h1-10,12,14-16H,11,13H2. The minimum Gasteiger partial charge on any atom is -0.290 e. The average Bonchev–Trinajstić information content (AvgIpc) is 3.56. The van der Waals surface area contributed by atoms with Gasteiger partial charge in [0.2, 0.25) is 0 Å². The molecule has 0 saturated heterocycles. The maximum absolute atomic E-state index is 5.15. The van der Waals surface area contributed by atoms with Gasteiger partial charge in [-0.15, -0.1) is 0 Å². The summed E-state index contributed by atoms with van der Waals surface area (Å²) in [5.41, 5.74) is 17.1. The molecule has 2 aliphatic rings. The van der Waals surface area contributed by atoms with E-state index in [-0.39, 0.29) is 0 Å². The molecule has 0 amide bonds. The highest BCUT2D eigenvalue weighted by atomic mass is 15.0. The van der Waals surface area contributed by atoms with E-state index < -0.39 is 0 Å². The Kier molecular flexibility index (Phi) is 3.11. The van der Waals surface area contributed by atoms with Crippen LogP contribution in [0.5, 0.6) is 0 Å². The highest BCUT2D eigenvalue weighted by Crippen LogP contribution is 2.46. The maximum atomic E-state index is 5.15. The first-order valence-corrected chi connectivity index (χ1v) is 12.0. The topological polar surface area (TPSA) is 43.1 Å². The van der Waals surface area contributed by atoms with Crippen LogP contribution >= 0.6 is 0 Å². The molecule has 4 aromatic heterocycles. The molecule has 0 spiro atoms. The SMILES string of the molecule is c1ccc2c(c1)Cc1cc3c(cc1-2)-c1cc2nc4c5cccnc5c5ncccc5n4c2cc1C3. The summed E-state index contributed by atoms with van der Waals surface area (Å²) in [5.74, 6) is 0. The molecule has 4 heteroatoms. The Morgan fingerprint density at radius 3 is 2.26 bits per heavy atom. The van der Waals surface area contributed by atoms with Gasteiger partial charge in [0.25, 0.3) is 0 Å². The molecular weight excluding hydrogens is 428 g/mol. The van der Waals surface area contributed by atoms with Crippen molar-refractivity contribution >= 4 is 38.6 Å². The summed E-state index contributed by atoms with van der Waals surface area (Å²) in [6, 6.07) is 26.5. The molecule has 9 rings (SSSR count). The van der Waals surface area contributed by atoms with Crippen molar-refractivity contribution in [3.63, 3.8) is 0 Å². The van der Waals surface area contributed by atoms with E-state index in [1.54, 1.807) is 0 Å². The largest absolute Gasteiger partial charge is 0.290 e. The Morgan fingerprint density at radius 2 is 1.31 bits per heavy atom. The quantitative estimate of drug-likeness (QED) is 0.243. The summed E-state index contributed by atoms with van der Waals surface area (Å²) in [6.45, 7) is 0. The fourth-order valence-electron chi connectivity index (χ4n) is 6.36.